The van der Waals surface area contributed by atoms with Crippen LogP contribution in [0.5, 0.6) is 23.0 Å². The monoisotopic (exact) mass is 640 g/mol. The minimum atomic E-state index is 0.824. The fourth-order valence-corrected chi connectivity index (χ4v) is 4.11. The Labute approximate surface area is 283 Å². The minimum absolute atomic E-state index is 0.824. The molecule has 244 valence electrons. The largest absolute Gasteiger partial charge is 0.496 e. The number of hydrogen-bond donors (Lipinski definition) is 0. The lowest BCUT2D eigenvalue weighted by atomic mass is 10.2. The molecule has 0 unspecified atom stereocenters. The molecule has 8 nitrogen and oxygen atoms in total. The number of ether oxygens (including phenoxy) is 4. The van der Waals surface area contributed by atoms with Crippen molar-refractivity contribution in [3.05, 3.63) is 144 Å². The lowest BCUT2D eigenvalue weighted by Gasteiger charge is -2.02. The van der Waals surface area contributed by atoms with Gasteiger partial charge in [-0.05, 0) is 72.9 Å². The molecule has 0 fully saturated rings. The second kappa shape index (κ2) is 22.3. The van der Waals surface area contributed by atoms with E-state index in [0.717, 1.165) is 45.3 Å². The zero-order chi connectivity index (χ0) is 34.1. The van der Waals surface area contributed by atoms with Crippen molar-refractivity contribution < 1.29 is 18.9 Å². The molecule has 0 saturated carbocycles. The van der Waals surface area contributed by atoms with E-state index in [1.807, 2.05) is 146 Å². The average molecular weight is 641 g/mol. The van der Waals surface area contributed by atoms with Gasteiger partial charge in [0.15, 0.2) is 0 Å². The van der Waals surface area contributed by atoms with Gasteiger partial charge in [0.2, 0.25) is 0 Å². The minimum Gasteiger partial charge on any atom is -0.496 e. The molecule has 4 rings (SSSR count). The van der Waals surface area contributed by atoms with Crippen LogP contribution in [0.4, 0.5) is 0 Å². The van der Waals surface area contributed by atoms with Gasteiger partial charge in [-0.1, -0.05) is 72.8 Å². The maximum atomic E-state index is 5.27. The van der Waals surface area contributed by atoms with Gasteiger partial charge in [0, 0.05) is 47.1 Å². The highest BCUT2D eigenvalue weighted by atomic mass is 16.5. The first kappa shape index (κ1) is 36.2. The van der Waals surface area contributed by atoms with Gasteiger partial charge in [-0.25, -0.2) is 0 Å². The van der Waals surface area contributed by atoms with Gasteiger partial charge in [0.25, 0.3) is 0 Å². The Morgan fingerprint density at radius 1 is 0.333 bits per heavy atom. The van der Waals surface area contributed by atoms with Crippen LogP contribution < -0.4 is 18.9 Å². The maximum Gasteiger partial charge on any atom is 0.126 e. The Morgan fingerprint density at radius 3 is 0.750 bits per heavy atom. The summed E-state index contributed by atoms with van der Waals surface area (Å²) in [5.74, 6) is 3.30. The van der Waals surface area contributed by atoms with Crippen molar-refractivity contribution >= 4 is 49.2 Å². The molecule has 0 aliphatic heterocycles. The van der Waals surface area contributed by atoms with E-state index in [1.165, 1.54) is 0 Å². The van der Waals surface area contributed by atoms with Gasteiger partial charge in [-0.2, -0.15) is 20.4 Å². The molecule has 0 aliphatic rings. The molecule has 0 amide bonds. The summed E-state index contributed by atoms with van der Waals surface area (Å²) in [6, 6.07) is 31.1. The van der Waals surface area contributed by atoms with Crippen LogP contribution in [0.3, 0.4) is 0 Å². The van der Waals surface area contributed by atoms with Crippen LogP contribution in [0, 0.1) is 0 Å². The lowest BCUT2D eigenvalue weighted by molar-refractivity contribution is 0.414. The SMILES string of the molecule is COc1ccccc1/C=C/C=N/N=C/C=C/c1ccccc1OC.COc1ccccc1/C=C/C=N/N=C/C=C/c1ccccc1OC. The van der Waals surface area contributed by atoms with Gasteiger partial charge >= 0.3 is 0 Å². The Balaban J connectivity index is 0.000000260. The lowest BCUT2D eigenvalue weighted by Crippen LogP contribution is -1.85. The highest BCUT2D eigenvalue weighted by Crippen LogP contribution is 2.20. The van der Waals surface area contributed by atoms with E-state index in [2.05, 4.69) is 20.4 Å². The summed E-state index contributed by atoms with van der Waals surface area (Å²) >= 11 is 0. The zero-order valence-electron chi connectivity index (χ0n) is 27.6. The molecular formula is C40H40N4O4. The third kappa shape index (κ3) is 13.0. The van der Waals surface area contributed by atoms with E-state index in [0.29, 0.717) is 0 Å². The summed E-state index contributed by atoms with van der Waals surface area (Å²) in [5.41, 5.74) is 3.97. The van der Waals surface area contributed by atoms with Crippen LogP contribution in [-0.4, -0.2) is 53.3 Å². The maximum absolute atomic E-state index is 5.27. The molecule has 0 aliphatic carbocycles. The molecule has 0 N–H and O–H groups in total. The third-order valence-corrected chi connectivity index (χ3v) is 6.40. The second-order valence-electron chi connectivity index (χ2n) is 9.46. The molecule has 4 aromatic carbocycles. The van der Waals surface area contributed by atoms with Crippen LogP contribution in [0.1, 0.15) is 22.3 Å². The number of rotatable bonds is 14. The highest BCUT2D eigenvalue weighted by molar-refractivity contribution is 5.83. The van der Waals surface area contributed by atoms with Gasteiger partial charge in [-0.15, -0.1) is 0 Å². The van der Waals surface area contributed by atoms with Crippen molar-refractivity contribution in [2.45, 2.75) is 0 Å². The molecule has 0 atom stereocenters. The second-order valence-corrected chi connectivity index (χ2v) is 9.46. The molecule has 4 aromatic rings. The van der Waals surface area contributed by atoms with Crippen LogP contribution in [0.15, 0.2) is 142 Å². The Kier molecular flexibility index (Phi) is 16.8. The summed E-state index contributed by atoms with van der Waals surface area (Å²) < 4.78 is 21.1. The van der Waals surface area contributed by atoms with Crippen molar-refractivity contribution in [3.8, 4) is 23.0 Å². The first-order valence-electron chi connectivity index (χ1n) is 15.0. The fraction of sp³-hybridized carbons (Fsp3) is 0.100. The van der Waals surface area contributed by atoms with Gasteiger partial charge in [-0.3, -0.25) is 0 Å². The van der Waals surface area contributed by atoms with Crippen molar-refractivity contribution in [2.24, 2.45) is 20.4 Å². The number of nitrogens with zero attached hydrogens (tertiary/aromatic N) is 4. The van der Waals surface area contributed by atoms with Gasteiger partial charge < -0.3 is 18.9 Å². The van der Waals surface area contributed by atoms with Crippen LogP contribution in [-0.2, 0) is 0 Å². The molecule has 8 heteroatoms. The van der Waals surface area contributed by atoms with E-state index in [4.69, 9.17) is 18.9 Å². The number of allylic oxidation sites excluding steroid dienone is 4. The van der Waals surface area contributed by atoms with Crippen LogP contribution in [0.25, 0.3) is 24.3 Å². The predicted octanol–water partition coefficient (Wildman–Crippen LogP) is 8.97. The number of hydrogen-bond acceptors (Lipinski definition) is 8. The summed E-state index contributed by atoms with van der Waals surface area (Å²) in [7, 11) is 6.61. The molecule has 0 saturated heterocycles. The molecule has 0 bridgehead atoms. The smallest absolute Gasteiger partial charge is 0.126 e. The molecule has 0 heterocycles. The van der Waals surface area contributed by atoms with Crippen molar-refractivity contribution in [1.82, 2.24) is 0 Å². The first-order chi connectivity index (χ1) is 23.7. The molecular weight excluding hydrogens is 600 g/mol. The van der Waals surface area contributed by atoms with E-state index in [9.17, 15) is 0 Å². The topological polar surface area (TPSA) is 86.4 Å². The van der Waals surface area contributed by atoms with Gasteiger partial charge in [0.05, 0.1) is 28.4 Å². The van der Waals surface area contributed by atoms with Crippen molar-refractivity contribution in [3.63, 3.8) is 0 Å². The Bertz CT molecular complexity index is 1520. The quantitative estimate of drug-likeness (QED) is 0.102. The van der Waals surface area contributed by atoms with Crippen molar-refractivity contribution in [2.75, 3.05) is 28.4 Å². The molecule has 0 radical (unpaired) electrons. The predicted molar refractivity (Wildman–Crippen MR) is 202 cm³/mol. The fourth-order valence-electron chi connectivity index (χ4n) is 4.11. The molecule has 48 heavy (non-hydrogen) atoms. The third-order valence-electron chi connectivity index (χ3n) is 6.40. The summed E-state index contributed by atoms with van der Waals surface area (Å²) in [6.07, 6.45) is 21.5. The highest BCUT2D eigenvalue weighted by Gasteiger charge is 1.97. The molecule has 0 spiro atoms. The van der Waals surface area contributed by atoms with Gasteiger partial charge in [0.1, 0.15) is 23.0 Å². The summed E-state index contributed by atoms with van der Waals surface area (Å²) in [5, 5.41) is 15.8. The number of methoxy groups -OCH3 is 4. The standard InChI is InChI=1S/2C20H20N2O2/c2*1-23-19-13-5-3-9-17(19)11-7-15-21-22-16-8-12-18-10-4-6-14-20(18)24-2/h2*3-16H,1-2H3/b2*11-7+,12-8+,21-15+,22-16+. The normalized spacial score (nSPS) is 11.9. The van der Waals surface area contributed by atoms with Crippen LogP contribution >= 0.6 is 0 Å². The summed E-state index contributed by atoms with van der Waals surface area (Å²) in [4.78, 5) is 0. The van der Waals surface area contributed by atoms with E-state index >= 15 is 0 Å². The number of para-hydroxylation sites is 4. The first-order valence-corrected chi connectivity index (χ1v) is 15.0. The van der Waals surface area contributed by atoms with Crippen LogP contribution in [0.2, 0.25) is 0 Å². The Morgan fingerprint density at radius 2 is 0.542 bits per heavy atom. The summed E-state index contributed by atoms with van der Waals surface area (Å²) in [6.45, 7) is 0. The number of benzene rings is 4. The zero-order valence-corrected chi connectivity index (χ0v) is 27.6. The van der Waals surface area contributed by atoms with E-state index in [1.54, 1.807) is 53.3 Å². The van der Waals surface area contributed by atoms with E-state index in [-0.39, 0.29) is 0 Å². The average Bonchev–Trinajstić information content (AvgIpc) is 3.14. The van der Waals surface area contributed by atoms with E-state index < -0.39 is 0 Å². The Hall–Kier alpha value is -6.28. The van der Waals surface area contributed by atoms with Crippen molar-refractivity contribution in [1.29, 1.82) is 0 Å². The molecule has 0 aromatic heterocycles.